The Hall–Kier alpha value is -2.47. The number of anilines is 1. The van der Waals surface area contributed by atoms with Crippen LogP contribution in [0.2, 0.25) is 0 Å². The van der Waals surface area contributed by atoms with E-state index in [4.69, 9.17) is 4.18 Å². The molecule has 0 spiro atoms. The summed E-state index contributed by atoms with van der Waals surface area (Å²) in [4.78, 5) is 0. The zero-order chi connectivity index (χ0) is 43.0. The SMILES string of the molecule is CCCCCCCCCCCCCCCCS(=O)(=O)Oc1ccc(NS(=O)(=O)C(F)(F)C(F)(F)C(F)(F)C(F)(F)C(F)(F)C(F)(F)C(F)(F)C(F)(F)F)cc1. The van der Waals surface area contributed by atoms with Gasteiger partial charge in [-0.25, -0.2) is 0 Å². The van der Waals surface area contributed by atoms with E-state index in [1.807, 2.05) is 0 Å². The van der Waals surface area contributed by atoms with Gasteiger partial charge in [-0.15, -0.1) is 0 Å². The smallest absolute Gasteiger partial charge is 0.382 e. The predicted octanol–water partition coefficient (Wildman–Crippen LogP) is 11.6. The molecule has 0 saturated heterocycles. The zero-order valence-electron chi connectivity index (χ0n) is 28.7. The van der Waals surface area contributed by atoms with Gasteiger partial charge in [0.15, 0.2) is 0 Å². The third-order valence-electron chi connectivity index (χ3n) is 8.11. The van der Waals surface area contributed by atoms with Crippen LogP contribution >= 0.6 is 0 Å². The first-order valence-electron chi connectivity index (χ1n) is 16.5. The van der Waals surface area contributed by atoms with Gasteiger partial charge >= 0.3 is 67.1 Å². The monoisotopic (exact) mass is 879 g/mol. The lowest BCUT2D eigenvalue weighted by Gasteiger charge is -2.42. The highest BCUT2D eigenvalue weighted by molar-refractivity contribution is 7.93. The number of unbranched alkanes of at least 4 members (excludes halogenated alkanes) is 13. The highest BCUT2D eigenvalue weighted by atomic mass is 32.2. The fraction of sp³-hybridized carbons (Fsp3) is 0.800. The molecule has 0 heterocycles. The van der Waals surface area contributed by atoms with Crippen molar-refractivity contribution in [2.75, 3.05) is 10.5 Å². The molecule has 0 unspecified atom stereocenters. The molecule has 324 valence electrons. The van der Waals surface area contributed by atoms with Crippen molar-refractivity contribution in [3.8, 4) is 5.75 Å². The molecule has 0 aliphatic heterocycles. The fourth-order valence-electron chi connectivity index (χ4n) is 4.78. The second kappa shape index (κ2) is 18.4. The van der Waals surface area contributed by atoms with Gasteiger partial charge in [-0.05, 0) is 30.7 Å². The van der Waals surface area contributed by atoms with Crippen molar-refractivity contribution in [1.82, 2.24) is 0 Å². The van der Waals surface area contributed by atoms with Crippen molar-refractivity contribution in [2.45, 2.75) is 144 Å². The van der Waals surface area contributed by atoms with Crippen LogP contribution in [0.15, 0.2) is 24.3 Å². The third-order valence-corrected chi connectivity index (χ3v) is 10.8. The van der Waals surface area contributed by atoms with Crippen molar-refractivity contribution in [2.24, 2.45) is 0 Å². The summed E-state index contributed by atoms with van der Waals surface area (Å²) in [7, 11) is -11.9. The molecule has 0 radical (unpaired) electrons. The van der Waals surface area contributed by atoms with Gasteiger partial charge in [-0.2, -0.15) is 91.5 Å². The zero-order valence-corrected chi connectivity index (χ0v) is 30.3. The normalized spacial score (nSPS) is 14.7. The van der Waals surface area contributed by atoms with Crippen molar-refractivity contribution >= 4 is 25.8 Å². The van der Waals surface area contributed by atoms with Crippen LogP contribution in [0, 0.1) is 0 Å². The number of hydrogen-bond donors (Lipinski definition) is 1. The Kier molecular flexibility index (Phi) is 16.9. The molecule has 0 aliphatic carbocycles. The van der Waals surface area contributed by atoms with E-state index in [-0.39, 0.29) is 18.6 Å². The van der Waals surface area contributed by atoms with Gasteiger partial charge in [0, 0.05) is 5.69 Å². The molecule has 0 bridgehead atoms. The second-order valence-corrected chi connectivity index (χ2v) is 15.9. The molecule has 1 rings (SSSR count). The van der Waals surface area contributed by atoms with E-state index in [1.54, 1.807) is 0 Å². The lowest BCUT2D eigenvalue weighted by molar-refractivity contribution is -0.458. The van der Waals surface area contributed by atoms with Gasteiger partial charge in [-0.3, -0.25) is 4.72 Å². The Morgan fingerprint density at radius 3 is 1.16 bits per heavy atom. The standard InChI is InChI=1S/C30H38F17NO5S2/c1-2-3-4-5-6-7-8-9-10-11-12-13-14-15-20-54(49,50)53-22-18-16-21(17-19-22)48-55(51,52)30(46,47)28(41,42)26(37,38)24(33,34)23(31,32)25(35,36)27(39,40)29(43,44)45/h16-19,48H,2-15,20H2,1H3. The van der Waals surface area contributed by atoms with Crippen LogP contribution in [0.5, 0.6) is 5.75 Å². The molecule has 1 aromatic carbocycles. The van der Waals surface area contributed by atoms with E-state index in [2.05, 4.69) is 6.92 Å². The van der Waals surface area contributed by atoms with Gasteiger partial charge in [0.1, 0.15) is 5.75 Å². The number of alkyl halides is 17. The maximum atomic E-state index is 14.3. The maximum absolute atomic E-state index is 14.3. The summed E-state index contributed by atoms with van der Waals surface area (Å²) in [6.07, 6.45) is 5.55. The third kappa shape index (κ3) is 11.1. The topological polar surface area (TPSA) is 89.5 Å². The number of benzene rings is 1. The highest BCUT2D eigenvalue weighted by Crippen LogP contribution is 2.64. The lowest BCUT2D eigenvalue weighted by Crippen LogP contribution is -2.75. The average molecular weight is 880 g/mol. The van der Waals surface area contributed by atoms with Crippen molar-refractivity contribution in [3.05, 3.63) is 24.3 Å². The van der Waals surface area contributed by atoms with Crippen molar-refractivity contribution in [3.63, 3.8) is 0 Å². The first-order valence-corrected chi connectivity index (χ1v) is 19.5. The van der Waals surface area contributed by atoms with Gasteiger partial charge < -0.3 is 4.18 Å². The van der Waals surface area contributed by atoms with Crippen LogP contribution in [0.3, 0.4) is 0 Å². The minimum atomic E-state index is -8.95. The summed E-state index contributed by atoms with van der Waals surface area (Å²) < 4.78 is 283. The van der Waals surface area contributed by atoms with E-state index < -0.39 is 84.3 Å². The summed E-state index contributed by atoms with van der Waals surface area (Å²) in [5.41, 5.74) is -1.37. The molecule has 0 saturated carbocycles. The van der Waals surface area contributed by atoms with Crippen LogP contribution in [0.25, 0.3) is 0 Å². The Balaban J connectivity index is 2.91. The molecular weight excluding hydrogens is 841 g/mol. The molecule has 25 heteroatoms. The maximum Gasteiger partial charge on any atom is 0.460 e. The molecule has 1 aromatic rings. The Morgan fingerprint density at radius 2 is 0.800 bits per heavy atom. The van der Waals surface area contributed by atoms with Crippen LogP contribution < -0.4 is 8.91 Å². The minimum absolute atomic E-state index is 0.124. The minimum Gasteiger partial charge on any atom is -0.382 e. The first-order chi connectivity index (χ1) is 24.7. The average Bonchev–Trinajstić information content (AvgIpc) is 3.04. The molecule has 55 heavy (non-hydrogen) atoms. The van der Waals surface area contributed by atoms with Gasteiger partial charge in [0.25, 0.3) is 0 Å². The largest absolute Gasteiger partial charge is 0.460 e. The van der Waals surface area contributed by atoms with E-state index in [0.29, 0.717) is 29.7 Å². The van der Waals surface area contributed by atoms with Crippen LogP contribution in [-0.4, -0.2) is 69.6 Å². The van der Waals surface area contributed by atoms with E-state index in [0.717, 1.165) is 38.5 Å². The fourth-order valence-corrected chi connectivity index (χ4v) is 6.86. The van der Waals surface area contributed by atoms with Crippen LogP contribution in [0.4, 0.5) is 80.3 Å². The summed E-state index contributed by atoms with van der Waals surface area (Å²) in [6, 6.07) is 1.46. The lowest BCUT2D eigenvalue weighted by atomic mass is 9.91. The molecule has 0 fully saturated rings. The number of hydrogen-bond acceptors (Lipinski definition) is 5. The van der Waals surface area contributed by atoms with Gasteiger partial charge in [0.2, 0.25) is 0 Å². The van der Waals surface area contributed by atoms with E-state index in [9.17, 15) is 91.5 Å². The summed E-state index contributed by atoms with van der Waals surface area (Å²) in [5, 5.41) is -7.75. The Labute approximate surface area is 305 Å². The summed E-state index contributed by atoms with van der Waals surface area (Å²) >= 11 is 0. The summed E-state index contributed by atoms with van der Waals surface area (Å²) in [5.74, 6) is -53.4. The predicted molar refractivity (Wildman–Crippen MR) is 164 cm³/mol. The number of nitrogens with one attached hydrogen (secondary N) is 1. The van der Waals surface area contributed by atoms with Gasteiger partial charge in [-0.1, -0.05) is 90.4 Å². The molecular formula is C30H38F17NO5S2. The quantitative estimate of drug-likeness (QED) is 0.0569. The number of sulfonamides is 1. The molecule has 0 aliphatic rings. The van der Waals surface area contributed by atoms with Crippen molar-refractivity contribution < 1.29 is 95.7 Å². The molecule has 0 aromatic heterocycles. The molecule has 6 nitrogen and oxygen atoms in total. The first kappa shape index (κ1) is 50.5. The van der Waals surface area contributed by atoms with Crippen LogP contribution in [0.1, 0.15) is 96.8 Å². The Bertz CT molecular complexity index is 1570. The molecule has 0 atom stereocenters. The second-order valence-electron chi connectivity index (χ2n) is 12.5. The van der Waals surface area contributed by atoms with Gasteiger partial charge in [0.05, 0.1) is 5.75 Å². The van der Waals surface area contributed by atoms with E-state index in [1.165, 1.54) is 32.1 Å². The van der Waals surface area contributed by atoms with Crippen LogP contribution in [-0.2, 0) is 20.1 Å². The Morgan fingerprint density at radius 1 is 0.473 bits per heavy atom. The summed E-state index contributed by atoms with van der Waals surface area (Å²) in [6.45, 7) is 2.14. The highest BCUT2D eigenvalue weighted by Gasteiger charge is 2.96. The number of halogens is 17. The number of rotatable bonds is 26. The molecule has 1 N–H and O–H groups in total. The molecule has 0 amide bonds. The van der Waals surface area contributed by atoms with Crippen molar-refractivity contribution in [1.29, 1.82) is 0 Å². The van der Waals surface area contributed by atoms with E-state index >= 15 is 0 Å².